The molecule has 6 aromatic carbocycles. The first-order valence-electron chi connectivity index (χ1n) is 28.7. The molecule has 6 aliphatic rings. The summed E-state index contributed by atoms with van der Waals surface area (Å²) in [4.78, 5) is 0. The summed E-state index contributed by atoms with van der Waals surface area (Å²) in [5.74, 6) is 1.44. The molecule has 0 fully saturated rings. The number of ether oxygens (including phenoxy) is 7. The van der Waals surface area contributed by atoms with Crippen LogP contribution in [-0.2, 0) is 18.5 Å². The van der Waals surface area contributed by atoms with Crippen LogP contribution < -0.4 is 67.6 Å². The summed E-state index contributed by atoms with van der Waals surface area (Å²) in [6.45, 7) is 12.5. The highest BCUT2D eigenvalue weighted by atomic mass is 79.9. The van der Waals surface area contributed by atoms with Gasteiger partial charge < -0.3 is 67.6 Å². The number of halogens is 14. The van der Waals surface area contributed by atoms with Gasteiger partial charge in [0.15, 0.2) is 0 Å². The van der Waals surface area contributed by atoms with Gasteiger partial charge in [0.05, 0.1) is 36.5 Å². The molecule has 0 aliphatic carbocycles. The lowest BCUT2D eigenvalue weighted by atomic mass is 9.89. The Morgan fingerprint density at radius 3 is 1.40 bits per heavy atom. The maximum Gasteiger partial charge on any atom is 0.573 e. The molecular weight excluding hydrogens is 1290 g/mol. The first kappa shape index (κ1) is 71.7. The summed E-state index contributed by atoms with van der Waals surface area (Å²) in [7, 11) is 0. The predicted octanol–water partition coefficient (Wildman–Crippen LogP) is 16.0. The molecular formula is C64H72BrF13N6O7. The van der Waals surface area contributed by atoms with Crippen LogP contribution in [0.2, 0.25) is 0 Å². The van der Waals surface area contributed by atoms with Crippen molar-refractivity contribution in [2.45, 2.75) is 158 Å². The van der Waals surface area contributed by atoms with Crippen molar-refractivity contribution in [3.8, 4) is 40.2 Å². The molecule has 12 N–H and O–H groups in total. The zero-order valence-electron chi connectivity index (χ0n) is 50.3. The van der Waals surface area contributed by atoms with E-state index in [1.807, 2.05) is 32.0 Å². The van der Waals surface area contributed by atoms with Gasteiger partial charge in [0.2, 0.25) is 0 Å². The summed E-state index contributed by atoms with van der Waals surface area (Å²) < 4.78 is 200. The molecule has 6 aromatic rings. The van der Waals surface area contributed by atoms with Crippen molar-refractivity contribution in [3.63, 3.8) is 0 Å². The van der Waals surface area contributed by atoms with Crippen LogP contribution in [0.3, 0.4) is 0 Å². The highest BCUT2D eigenvalue weighted by molar-refractivity contribution is 9.10. The molecule has 0 aromatic heterocycles. The normalized spacial score (nSPS) is 21.9. The highest BCUT2D eigenvalue weighted by Gasteiger charge is 2.42. The van der Waals surface area contributed by atoms with E-state index in [9.17, 15) is 57.1 Å². The Bertz CT molecular complexity index is 3470. The van der Waals surface area contributed by atoms with Crippen LogP contribution in [0.1, 0.15) is 166 Å². The van der Waals surface area contributed by atoms with Gasteiger partial charge in [0.25, 0.3) is 0 Å². The average molecular weight is 1360 g/mol. The molecule has 13 nitrogen and oxygen atoms in total. The second-order valence-corrected chi connectivity index (χ2v) is 25.0. The van der Waals surface area contributed by atoms with Gasteiger partial charge in [-0.15, -0.1) is 13.2 Å². The first-order valence-corrected chi connectivity index (χ1v) is 29.5. The Labute approximate surface area is 526 Å². The van der Waals surface area contributed by atoms with Gasteiger partial charge in [-0.05, 0) is 102 Å². The third-order valence-electron chi connectivity index (χ3n) is 14.9. The quantitative estimate of drug-likeness (QED) is 0.0845. The number of benzene rings is 6. The van der Waals surface area contributed by atoms with Crippen LogP contribution in [0.15, 0.2) is 114 Å². The minimum atomic E-state index is -4.71. The maximum absolute atomic E-state index is 12.8. The minimum absolute atomic E-state index is 0.0792. The number of para-hydroxylation sites is 2. The fourth-order valence-electron chi connectivity index (χ4n) is 10.8. The fourth-order valence-corrected chi connectivity index (χ4v) is 11.1. The van der Waals surface area contributed by atoms with Crippen molar-refractivity contribution in [2.24, 2.45) is 34.4 Å². The summed E-state index contributed by atoms with van der Waals surface area (Å²) in [6, 6.07) is 24.5. The maximum atomic E-state index is 12.8. The van der Waals surface area contributed by atoms with E-state index < -0.39 is 58.8 Å². The van der Waals surface area contributed by atoms with Crippen LogP contribution in [0.25, 0.3) is 0 Å². The molecule has 0 amide bonds. The van der Waals surface area contributed by atoms with E-state index in [1.54, 1.807) is 32.0 Å². The van der Waals surface area contributed by atoms with E-state index in [4.69, 9.17) is 62.8 Å². The van der Waals surface area contributed by atoms with Crippen molar-refractivity contribution in [3.05, 3.63) is 170 Å². The molecule has 6 atom stereocenters. The summed E-state index contributed by atoms with van der Waals surface area (Å²) >= 11 is 3.43. The number of fused-ring (bicyclic) bond motifs is 6. The zero-order chi connectivity index (χ0) is 67.4. The molecule has 6 aliphatic heterocycles. The molecule has 498 valence electrons. The second-order valence-electron chi connectivity index (χ2n) is 24.1. The summed E-state index contributed by atoms with van der Waals surface area (Å²) in [6.07, 6.45) is -13.9. The monoisotopic (exact) mass is 1360 g/mol. The van der Waals surface area contributed by atoms with Gasteiger partial charge in [0, 0.05) is 119 Å². The molecule has 0 spiro atoms. The van der Waals surface area contributed by atoms with Crippen molar-refractivity contribution in [1.82, 2.24) is 0 Å². The molecule has 0 radical (unpaired) electrons. The number of rotatable bonds is 1. The third-order valence-corrected chi connectivity index (χ3v) is 15.4. The van der Waals surface area contributed by atoms with E-state index in [1.165, 1.54) is 48.5 Å². The lowest BCUT2D eigenvalue weighted by molar-refractivity contribution is -0.274. The Morgan fingerprint density at radius 2 is 0.857 bits per heavy atom. The Balaban J connectivity index is 0.000000156. The van der Waals surface area contributed by atoms with Crippen molar-refractivity contribution >= 4 is 15.9 Å². The van der Waals surface area contributed by atoms with Crippen molar-refractivity contribution in [1.29, 1.82) is 0 Å². The Morgan fingerprint density at radius 1 is 0.418 bits per heavy atom. The number of hydrogen-bond acceptors (Lipinski definition) is 13. The van der Waals surface area contributed by atoms with Gasteiger partial charge in [0.1, 0.15) is 62.9 Å². The van der Waals surface area contributed by atoms with E-state index in [-0.39, 0.29) is 71.2 Å². The van der Waals surface area contributed by atoms with Crippen LogP contribution in [-0.4, -0.2) is 43.0 Å². The lowest BCUT2D eigenvalue weighted by Crippen LogP contribution is -2.38. The standard InChI is InChI=1S/C12H14F3NO2.C12H14F3NO.C11H14BrNO.2C10H10F3NO.C9H10FNO/c1-11(2)6-9(16)8-4-3-7(5-10(8)18-11)17-12(13,14)15;1-11(2)6-9(16)7-4-3-5-8(10(7)17-11)12(13,14)15;1-11(2)6-9(13)8-4-3-7(12)5-10(8)14-11;11-10(12,13)6-1-2-7-8(14)3-4-15-9(7)5-6;11-10(12,13)7-3-1-2-6-8(14)4-5-15-9(6)7;10-6-1-2-9-7(5-6)8(11)3-4-12-9/h3-5,9H,6,16H2,1-2H3;3-5,9H,6,16H2,1-2H3;3-5,9H,6,13H2,1-2H3;1-2,5,8H,3-4,14H2;1-3,8H,4-5,14H2;1-2,5,8H,3-4,11H2/t3*9-;3*8-/m111111/s1. The van der Waals surface area contributed by atoms with Crippen molar-refractivity contribution < 1.29 is 90.2 Å². The van der Waals surface area contributed by atoms with Gasteiger partial charge in [-0.3, -0.25) is 0 Å². The van der Waals surface area contributed by atoms with E-state index in [0.717, 1.165) is 64.2 Å². The summed E-state index contributed by atoms with van der Waals surface area (Å²) in [5, 5.41) is 0. The van der Waals surface area contributed by atoms with Crippen LogP contribution in [0, 0.1) is 5.82 Å². The predicted molar refractivity (Wildman–Crippen MR) is 318 cm³/mol. The molecule has 0 saturated carbocycles. The SMILES string of the molecule is CC1(C)C[C@@H](N)c2ccc(Br)cc2O1.CC1(C)C[C@@H](N)c2ccc(OC(F)(F)F)cc2O1.CC1(C)C[C@@H](N)c2cccc(C(F)(F)F)c2O1.N[C@@H]1CCOc2c1cccc2C(F)(F)F.N[C@@H]1CCOc2cc(C(F)(F)F)ccc21.N[C@@H]1CCOc2ccc(F)cc21. The molecule has 6 heterocycles. The highest BCUT2D eigenvalue weighted by Crippen LogP contribution is 2.48. The van der Waals surface area contributed by atoms with Crippen LogP contribution in [0.4, 0.5) is 57.1 Å². The topological polar surface area (TPSA) is 221 Å². The number of nitrogens with two attached hydrogens (primary N) is 6. The third kappa shape index (κ3) is 19.4. The van der Waals surface area contributed by atoms with Crippen molar-refractivity contribution in [2.75, 3.05) is 19.8 Å². The average Bonchev–Trinajstić information content (AvgIpc) is 0.841. The fraction of sp³-hybridized carbons (Fsp3) is 0.438. The molecule has 0 unspecified atom stereocenters. The van der Waals surface area contributed by atoms with Gasteiger partial charge in [-0.1, -0.05) is 58.4 Å². The van der Waals surface area contributed by atoms with Gasteiger partial charge in [-0.2, -0.15) is 39.5 Å². The number of alkyl halides is 12. The molecule has 91 heavy (non-hydrogen) atoms. The number of hydrogen-bond donors (Lipinski definition) is 6. The van der Waals surface area contributed by atoms with E-state index in [0.29, 0.717) is 66.9 Å². The lowest BCUT2D eigenvalue weighted by Gasteiger charge is -2.37. The summed E-state index contributed by atoms with van der Waals surface area (Å²) in [5.41, 5.74) is 35.7. The molecule has 0 bridgehead atoms. The molecule has 12 rings (SSSR count). The Hall–Kier alpha value is -6.75. The largest absolute Gasteiger partial charge is 0.573 e. The Kier molecular flexibility index (Phi) is 22.2. The molecule has 0 saturated heterocycles. The van der Waals surface area contributed by atoms with Crippen LogP contribution >= 0.6 is 15.9 Å². The first-order chi connectivity index (χ1) is 42.1. The van der Waals surface area contributed by atoms with Gasteiger partial charge >= 0.3 is 24.9 Å². The van der Waals surface area contributed by atoms with Gasteiger partial charge in [-0.25, -0.2) is 4.39 Å². The zero-order valence-corrected chi connectivity index (χ0v) is 51.9. The minimum Gasteiger partial charge on any atom is -0.493 e. The van der Waals surface area contributed by atoms with E-state index in [2.05, 4.69) is 34.5 Å². The van der Waals surface area contributed by atoms with Crippen LogP contribution in [0.5, 0.6) is 40.2 Å². The molecule has 27 heteroatoms. The smallest absolute Gasteiger partial charge is 0.493 e. The second kappa shape index (κ2) is 28.2. The van der Waals surface area contributed by atoms with E-state index >= 15 is 0 Å².